The lowest BCUT2D eigenvalue weighted by Gasteiger charge is -2.35. The quantitative estimate of drug-likeness (QED) is 0.575. The average molecular weight is 438 g/mol. The lowest BCUT2D eigenvalue weighted by atomic mass is 9.86. The van der Waals surface area contributed by atoms with Gasteiger partial charge in [-0.3, -0.25) is 4.79 Å². The van der Waals surface area contributed by atoms with Crippen molar-refractivity contribution < 1.29 is 18.4 Å². The molecule has 0 aliphatic rings. The molecule has 0 spiro atoms. The molecule has 0 heterocycles. The summed E-state index contributed by atoms with van der Waals surface area (Å²) in [6, 6.07) is 6.83. The molecule has 0 aliphatic carbocycles. The van der Waals surface area contributed by atoms with Gasteiger partial charge in [0.1, 0.15) is 11.6 Å². The Balaban J connectivity index is 2.32. The molecule has 0 unspecified atom stereocenters. The van der Waals surface area contributed by atoms with E-state index in [1.807, 2.05) is 20.8 Å². The number of nitrogens with one attached hydrogen (secondary N) is 2. The van der Waals surface area contributed by atoms with E-state index in [4.69, 9.17) is 11.6 Å². The molecule has 0 radical (unpaired) electrons. The first kappa shape index (κ1) is 23.6. The van der Waals surface area contributed by atoms with Crippen molar-refractivity contribution in [2.75, 3.05) is 5.32 Å². The molecule has 0 saturated heterocycles. The molecule has 162 valence electrons. The first-order chi connectivity index (χ1) is 13.7. The topological polar surface area (TPSA) is 61.4 Å². The van der Waals surface area contributed by atoms with Gasteiger partial charge < -0.3 is 5.32 Å². The molecule has 2 rings (SSSR count). The summed E-state index contributed by atoms with van der Waals surface area (Å²) in [7, 11) is 0. The minimum Gasteiger partial charge on any atom is -0.304 e. The first-order valence-electron chi connectivity index (χ1n) is 9.37. The minimum absolute atomic E-state index is 0.244. The van der Waals surface area contributed by atoms with Gasteiger partial charge in [-0.25, -0.2) is 24.0 Å². The fourth-order valence-corrected chi connectivity index (χ4v) is 2.88. The number of carbonyl (C=O) groups excluding carboxylic acids is 2. The van der Waals surface area contributed by atoms with E-state index in [1.165, 1.54) is 6.07 Å². The monoisotopic (exact) mass is 437 g/mol. The molecule has 0 saturated carbocycles. The van der Waals surface area contributed by atoms with Gasteiger partial charge >= 0.3 is 6.03 Å². The van der Waals surface area contributed by atoms with E-state index < -0.39 is 29.1 Å². The van der Waals surface area contributed by atoms with Crippen LogP contribution in [0.3, 0.4) is 0 Å². The Morgan fingerprint density at radius 2 is 1.60 bits per heavy atom. The van der Waals surface area contributed by atoms with Crippen LogP contribution >= 0.6 is 11.6 Å². The Bertz CT molecular complexity index is 966. The number of hydrazine groups is 1. The van der Waals surface area contributed by atoms with Crippen molar-refractivity contribution in [3.8, 4) is 0 Å². The Morgan fingerprint density at radius 1 is 0.967 bits per heavy atom. The van der Waals surface area contributed by atoms with Crippen LogP contribution in [0.5, 0.6) is 0 Å². The first-order valence-corrected chi connectivity index (χ1v) is 9.74. The zero-order chi connectivity index (χ0) is 22.9. The van der Waals surface area contributed by atoms with Crippen molar-refractivity contribution in [1.29, 1.82) is 0 Å². The van der Waals surface area contributed by atoms with Crippen LogP contribution in [-0.4, -0.2) is 22.5 Å². The van der Waals surface area contributed by atoms with Gasteiger partial charge in [0.15, 0.2) is 0 Å². The number of amides is 3. The van der Waals surface area contributed by atoms with Gasteiger partial charge in [0.25, 0.3) is 5.91 Å². The van der Waals surface area contributed by atoms with Gasteiger partial charge in [-0.2, -0.15) is 0 Å². The number of rotatable bonds is 2. The van der Waals surface area contributed by atoms with Crippen LogP contribution in [0.25, 0.3) is 0 Å². The van der Waals surface area contributed by atoms with Gasteiger partial charge in [-0.15, -0.1) is 0 Å². The van der Waals surface area contributed by atoms with Gasteiger partial charge in [-0.05, 0) is 62.1 Å². The SMILES string of the molecule is CC(C)(C)c1cc(Cl)cc(C(=O)N(NC(=O)Nc2cc(F)ccc2F)C(C)(C)C)c1. The summed E-state index contributed by atoms with van der Waals surface area (Å²) in [4.78, 5) is 25.7. The predicted octanol–water partition coefficient (Wildman–Crippen LogP) is 5.89. The Morgan fingerprint density at radius 3 is 2.17 bits per heavy atom. The molecule has 2 aromatic rings. The summed E-state index contributed by atoms with van der Waals surface area (Å²) in [6.07, 6.45) is 0. The number of anilines is 1. The molecule has 0 aromatic heterocycles. The molecule has 2 N–H and O–H groups in total. The highest BCUT2D eigenvalue weighted by molar-refractivity contribution is 6.31. The van der Waals surface area contributed by atoms with E-state index in [0.717, 1.165) is 28.8 Å². The van der Waals surface area contributed by atoms with Crippen LogP contribution < -0.4 is 10.7 Å². The van der Waals surface area contributed by atoms with E-state index in [0.29, 0.717) is 10.6 Å². The highest BCUT2D eigenvalue weighted by atomic mass is 35.5. The zero-order valence-corrected chi connectivity index (χ0v) is 18.6. The number of hydrogen-bond donors (Lipinski definition) is 2. The van der Waals surface area contributed by atoms with E-state index in [2.05, 4.69) is 10.7 Å². The Labute approximate surface area is 180 Å². The fourth-order valence-electron chi connectivity index (χ4n) is 2.64. The van der Waals surface area contributed by atoms with Crippen molar-refractivity contribution >= 4 is 29.2 Å². The third-order valence-electron chi connectivity index (χ3n) is 4.27. The minimum atomic E-state index is -0.888. The lowest BCUT2D eigenvalue weighted by molar-refractivity contribution is 0.0460. The summed E-state index contributed by atoms with van der Waals surface area (Å²) in [5.41, 5.74) is 2.18. The number of hydrogen-bond acceptors (Lipinski definition) is 2. The normalized spacial score (nSPS) is 11.8. The maximum Gasteiger partial charge on any atom is 0.338 e. The van der Waals surface area contributed by atoms with Gasteiger partial charge in [-0.1, -0.05) is 32.4 Å². The molecular weight excluding hydrogens is 412 g/mol. The Hall–Kier alpha value is -2.67. The molecule has 0 atom stereocenters. The molecule has 2 aromatic carbocycles. The second-order valence-corrected chi connectivity index (χ2v) is 9.42. The number of benzene rings is 2. The van der Waals surface area contributed by atoms with Crippen molar-refractivity contribution in [3.05, 3.63) is 64.2 Å². The van der Waals surface area contributed by atoms with Crippen LogP contribution in [0.15, 0.2) is 36.4 Å². The number of urea groups is 1. The second kappa shape index (κ2) is 8.60. The summed E-state index contributed by atoms with van der Waals surface area (Å²) in [5, 5.41) is 3.74. The standard InChI is InChI=1S/C22H26ClF2N3O2/c1-21(2,3)14-9-13(10-15(23)11-14)19(29)28(22(4,5)6)27-20(30)26-18-12-16(24)7-8-17(18)25/h7-12H,1-6H3,(H2,26,27,30). The van der Waals surface area contributed by atoms with Crippen LogP contribution in [0.1, 0.15) is 57.5 Å². The summed E-state index contributed by atoms with van der Waals surface area (Å²) in [6.45, 7) is 11.2. The maximum atomic E-state index is 13.8. The molecule has 8 heteroatoms. The Kier molecular flexibility index (Phi) is 6.76. The van der Waals surface area contributed by atoms with E-state index in [-0.39, 0.29) is 11.1 Å². The van der Waals surface area contributed by atoms with Crippen molar-refractivity contribution in [1.82, 2.24) is 10.4 Å². The predicted molar refractivity (Wildman–Crippen MR) is 115 cm³/mol. The molecule has 3 amide bonds. The number of carbonyl (C=O) groups is 2. The van der Waals surface area contributed by atoms with Crippen molar-refractivity contribution in [2.45, 2.75) is 52.5 Å². The summed E-state index contributed by atoms with van der Waals surface area (Å²) >= 11 is 6.22. The molecular formula is C22H26ClF2N3O2. The largest absolute Gasteiger partial charge is 0.338 e. The van der Waals surface area contributed by atoms with Crippen molar-refractivity contribution in [2.24, 2.45) is 0 Å². The summed E-state index contributed by atoms with van der Waals surface area (Å²) in [5.74, 6) is -2.00. The molecule has 0 fully saturated rings. The van der Waals surface area contributed by atoms with Crippen molar-refractivity contribution in [3.63, 3.8) is 0 Å². The molecule has 30 heavy (non-hydrogen) atoms. The van der Waals surface area contributed by atoms with Crippen LogP contribution in [0, 0.1) is 11.6 Å². The van der Waals surface area contributed by atoms with Gasteiger partial charge in [0, 0.05) is 16.7 Å². The average Bonchev–Trinajstić information content (AvgIpc) is 2.60. The van der Waals surface area contributed by atoms with Crippen LogP contribution in [-0.2, 0) is 5.41 Å². The third-order valence-corrected chi connectivity index (χ3v) is 4.49. The summed E-state index contributed by atoms with van der Waals surface area (Å²) < 4.78 is 27.2. The molecule has 5 nitrogen and oxygen atoms in total. The van der Waals surface area contributed by atoms with E-state index in [1.54, 1.807) is 32.9 Å². The van der Waals surface area contributed by atoms with Crippen LogP contribution in [0.2, 0.25) is 5.02 Å². The highest BCUT2D eigenvalue weighted by Gasteiger charge is 2.30. The van der Waals surface area contributed by atoms with Gasteiger partial charge in [0.05, 0.1) is 11.2 Å². The van der Waals surface area contributed by atoms with Gasteiger partial charge in [0.2, 0.25) is 0 Å². The lowest BCUT2D eigenvalue weighted by Crippen LogP contribution is -2.56. The van der Waals surface area contributed by atoms with E-state index >= 15 is 0 Å². The molecule has 0 aliphatic heterocycles. The second-order valence-electron chi connectivity index (χ2n) is 8.98. The molecule has 0 bridgehead atoms. The highest BCUT2D eigenvalue weighted by Crippen LogP contribution is 2.28. The van der Waals surface area contributed by atoms with Crippen LogP contribution in [0.4, 0.5) is 19.3 Å². The fraction of sp³-hybridized carbons (Fsp3) is 0.364. The number of halogens is 3. The zero-order valence-electron chi connectivity index (χ0n) is 17.9. The maximum absolute atomic E-state index is 13.8. The smallest absolute Gasteiger partial charge is 0.304 e. The van der Waals surface area contributed by atoms with E-state index in [9.17, 15) is 18.4 Å². The third kappa shape index (κ3) is 5.92. The number of nitrogens with zero attached hydrogens (tertiary/aromatic N) is 1.